The molecule has 0 fully saturated rings. The van der Waals surface area contributed by atoms with Crippen LogP contribution in [0.2, 0.25) is 5.02 Å². The van der Waals surface area contributed by atoms with Crippen LogP contribution in [0.15, 0.2) is 30.3 Å². The molecule has 1 unspecified atom stereocenters. The Bertz CT molecular complexity index is 1040. The molecule has 6 heteroatoms. The summed E-state index contributed by atoms with van der Waals surface area (Å²) in [4.78, 5) is 1.51. The first-order chi connectivity index (χ1) is 15.2. The average Bonchev–Trinajstić information content (AvgIpc) is 3.16. The third-order valence-corrected chi connectivity index (χ3v) is 6.18. The van der Waals surface area contributed by atoms with Crippen molar-refractivity contribution in [1.82, 2.24) is 15.0 Å². The van der Waals surface area contributed by atoms with E-state index in [1.165, 1.54) is 24.1 Å². The molecule has 0 aliphatic rings. The van der Waals surface area contributed by atoms with Gasteiger partial charge in [-0.05, 0) is 54.0 Å². The Labute approximate surface area is 196 Å². The van der Waals surface area contributed by atoms with E-state index in [4.69, 9.17) is 16.3 Å². The van der Waals surface area contributed by atoms with Crippen molar-refractivity contribution in [1.29, 1.82) is 0 Å². The van der Waals surface area contributed by atoms with Gasteiger partial charge in [0.05, 0.1) is 6.61 Å². The number of aromatic hydroxyl groups is 1. The summed E-state index contributed by atoms with van der Waals surface area (Å²) in [6, 6.07) is 9.45. The topological polar surface area (TPSA) is 60.2 Å². The van der Waals surface area contributed by atoms with Crippen LogP contribution >= 0.6 is 11.6 Å². The Morgan fingerprint density at radius 2 is 1.84 bits per heavy atom. The number of phenols is 1. The van der Waals surface area contributed by atoms with Crippen LogP contribution in [0.3, 0.4) is 0 Å². The maximum Gasteiger partial charge on any atom is 0.146 e. The maximum absolute atomic E-state index is 11.1. The van der Waals surface area contributed by atoms with Gasteiger partial charge < -0.3 is 9.84 Å². The summed E-state index contributed by atoms with van der Waals surface area (Å²) in [6.45, 7) is 12.2. The van der Waals surface area contributed by atoms with E-state index in [9.17, 15) is 5.11 Å². The van der Waals surface area contributed by atoms with Gasteiger partial charge in [0, 0.05) is 17.2 Å². The van der Waals surface area contributed by atoms with Crippen LogP contribution < -0.4 is 0 Å². The molecule has 0 bridgehead atoms. The number of unbranched alkanes of at least 4 members (excludes halogenated alkanes) is 1. The Morgan fingerprint density at radius 3 is 2.53 bits per heavy atom. The van der Waals surface area contributed by atoms with Crippen LogP contribution in [-0.4, -0.2) is 33.3 Å². The molecule has 3 aromatic rings. The lowest BCUT2D eigenvalue weighted by Gasteiger charge is -2.23. The predicted octanol–water partition coefficient (Wildman–Crippen LogP) is 6.85. The van der Waals surface area contributed by atoms with Gasteiger partial charge in [-0.15, -0.1) is 15.0 Å². The number of hydrogen-bond donors (Lipinski definition) is 1. The average molecular weight is 458 g/mol. The van der Waals surface area contributed by atoms with Gasteiger partial charge in [-0.2, -0.15) is 0 Å². The summed E-state index contributed by atoms with van der Waals surface area (Å²) >= 11 is 6.11. The van der Waals surface area contributed by atoms with Crippen LogP contribution in [-0.2, 0) is 16.6 Å². The summed E-state index contributed by atoms with van der Waals surface area (Å²) in [7, 11) is 0. The molecule has 0 amide bonds. The molecular weight excluding hydrogens is 422 g/mol. The molecule has 3 rings (SSSR count). The number of aromatic nitrogens is 3. The van der Waals surface area contributed by atoms with Crippen molar-refractivity contribution in [3.63, 3.8) is 0 Å². The molecule has 1 N–H and O–H groups in total. The van der Waals surface area contributed by atoms with Crippen LogP contribution in [0.1, 0.15) is 71.4 Å². The molecule has 0 saturated carbocycles. The Balaban J connectivity index is 1.84. The van der Waals surface area contributed by atoms with Crippen molar-refractivity contribution in [3.05, 3.63) is 46.5 Å². The summed E-state index contributed by atoms with van der Waals surface area (Å²) < 4.78 is 6.03. The highest BCUT2D eigenvalue weighted by molar-refractivity contribution is 6.31. The number of hydrogen-bond acceptors (Lipinski definition) is 4. The molecule has 0 spiro atoms. The van der Waals surface area contributed by atoms with E-state index in [-0.39, 0.29) is 11.2 Å². The molecule has 1 heterocycles. The zero-order valence-electron chi connectivity index (χ0n) is 20.0. The lowest BCUT2D eigenvalue weighted by molar-refractivity contribution is 0.0963. The number of halogens is 1. The first-order valence-electron chi connectivity index (χ1n) is 11.7. The zero-order valence-corrected chi connectivity index (χ0v) is 20.7. The van der Waals surface area contributed by atoms with Gasteiger partial charge in [0.1, 0.15) is 22.5 Å². The molecule has 0 radical (unpaired) electrons. The molecule has 5 nitrogen and oxygen atoms in total. The van der Waals surface area contributed by atoms with E-state index in [0.717, 1.165) is 36.1 Å². The van der Waals surface area contributed by atoms with Crippen LogP contribution in [0.5, 0.6) is 5.75 Å². The van der Waals surface area contributed by atoms with Gasteiger partial charge in [0.25, 0.3) is 0 Å². The Hall–Kier alpha value is -2.11. The minimum absolute atomic E-state index is 0.208. The SMILES string of the molecule is CCCCC(CC)COCCc1cc(-n2nc3ccc(Cl)cc3n2)c(O)c(C(C)(C)C)c1. The Kier molecular flexibility index (Phi) is 8.18. The molecule has 2 aromatic carbocycles. The van der Waals surface area contributed by atoms with Gasteiger partial charge in [-0.1, -0.05) is 71.5 Å². The number of benzene rings is 2. The second-order valence-corrected chi connectivity index (χ2v) is 10.1. The first-order valence-corrected chi connectivity index (χ1v) is 12.1. The first kappa shape index (κ1) is 24.5. The van der Waals surface area contributed by atoms with Crippen LogP contribution in [0, 0.1) is 5.92 Å². The van der Waals surface area contributed by atoms with Crippen molar-refractivity contribution in [2.75, 3.05) is 13.2 Å². The molecule has 0 saturated heterocycles. The molecule has 0 aliphatic carbocycles. The fourth-order valence-electron chi connectivity index (χ4n) is 3.88. The van der Waals surface area contributed by atoms with Crippen molar-refractivity contribution in [2.24, 2.45) is 5.92 Å². The second kappa shape index (κ2) is 10.7. The van der Waals surface area contributed by atoms with Gasteiger partial charge in [-0.25, -0.2) is 0 Å². The second-order valence-electron chi connectivity index (χ2n) is 9.63. The minimum atomic E-state index is -0.223. The third-order valence-electron chi connectivity index (χ3n) is 5.95. The van der Waals surface area contributed by atoms with Crippen molar-refractivity contribution < 1.29 is 9.84 Å². The normalized spacial score (nSPS) is 13.1. The van der Waals surface area contributed by atoms with Crippen molar-refractivity contribution in [2.45, 2.75) is 72.1 Å². The van der Waals surface area contributed by atoms with Crippen molar-refractivity contribution in [3.8, 4) is 11.4 Å². The number of phenolic OH excluding ortho intramolecular Hbond substituents is 1. The molecule has 174 valence electrons. The Morgan fingerprint density at radius 1 is 1.09 bits per heavy atom. The summed E-state index contributed by atoms with van der Waals surface area (Å²) in [6.07, 6.45) is 5.64. The van der Waals surface area contributed by atoms with E-state index >= 15 is 0 Å². The third kappa shape index (κ3) is 6.02. The van der Waals surface area contributed by atoms with E-state index in [2.05, 4.69) is 50.9 Å². The fourth-order valence-corrected chi connectivity index (χ4v) is 4.05. The lowest BCUT2D eigenvalue weighted by atomic mass is 9.84. The lowest BCUT2D eigenvalue weighted by Crippen LogP contribution is -2.15. The van der Waals surface area contributed by atoms with Crippen LogP contribution in [0.25, 0.3) is 16.7 Å². The van der Waals surface area contributed by atoms with Crippen LogP contribution in [0.4, 0.5) is 0 Å². The molecule has 1 aromatic heterocycles. The summed E-state index contributed by atoms with van der Waals surface area (Å²) in [5.74, 6) is 0.835. The summed E-state index contributed by atoms with van der Waals surface area (Å²) in [5.41, 5.74) is 3.76. The van der Waals surface area contributed by atoms with Gasteiger partial charge in [0.2, 0.25) is 0 Å². The molecule has 0 aliphatic heterocycles. The van der Waals surface area contributed by atoms with E-state index in [1.54, 1.807) is 12.1 Å². The fraction of sp³-hybridized carbons (Fsp3) is 0.538. The molecule has 32 heavy (non-hydrogen) atoms. The standard InChI is InChI=1S/C26H36ClN3O2/c1-6-8-9-18(7-2)17-32-13-12-19-14-21(26(3,4)5)25(31)24(15-19)30-28-22-11-10-20(27)16-23(22)29-30/h10-11,14-16,18,31H,6-9,12-13,17H2,1-5H3. The number of nitrogens with zero attached hydrogens (tertiary/aromatic N) is 3. The highest BCUT2D eigenvalue weighted by Crippen LogP contribution is 2.36. The monoisotopic (exact) mass is 457 g/mol. The van der Waals surface area contributed by atoms with Gasteiger partial charge in [0.15, 0.2) is 0 Å². The number of ether oxygens (including phenoxy) is 1. The zero-order chi connectivity index (χ0) is 23.3. The largest absolute Gasteiger partial charge is 0.505 e. The van der Waals surface area contributed by atoms with E-state index < -0.39 is 0 Å². The smallest absolute Gasteiger partial charge is 0.146 e. The minimum Gasteiger partial charge on any atom is -0.505 e. The highest BCUT2D eigenvalue weighted by Gasteiger charge is 2.23. The molecule has 1 atom stereocenters. The number of fused-ring (bicyclic) bond motifs is 1. The summed E-state index contributed by atoms with van der Waals surface area (Å²) in [5, 5.41) is 20.8. The van der Waals surface area contributed by atoms with Crippen molar-refractivity contribution >= 4 is 22.6 Å². The highest BCUT2D eigenvalue weighted by atomic mass is 35.5. The van der Waals surface area contributed by atoms with Gasteiger partial charge in [-0.3, -0.25) is 0 Å². The van der Waals surface area contributed by atoms with E-state index in [1.807, 2.05) is 12.1 Å². The number of rotatable bonds is 10. The molecular formula is C26H36ClN3O2. The quantitative estimate of drug-likeness (QED) is 0.338. The maximum atomic E-state index is 11.1. The van der Waals surface area contributed by atoms with Gasteiger partial charge >= 0.3 is 0 Å². The predicted molar refractivity (Wildman–Crippen MR) is 132 cm³/mol. The van der Waals surface area contributed by atoms with E-state index in [0.29, 0.717) is 28.8 Å².